The first-order valence-corrected chi connectivity index (χ1v) is 7.56. The van der Waals surface area contributed by atoms with Crippen molar-refractivity contribution >= 4 is 0 Å². The van der Waals surface area contributed by atoms with Gasteiger partial charge in [-0.05, 0) is 49.6 Å². The maximum atomic E-state index is 13.3. The molecule has 0 bridgehead atoms. The average molecular weight is 289 g/mol. The van der Waals surface area contributed by atoms with Gasteiger partial charge in [0.05, 0.1) is 11.9 Å². The molecule has 0 radical (unpaired) electrons. The number of hydrogen-bond acceptors (Lipinski definition) is 2. The number of aryl methyl sites for hydroxylation is 1. The Bertz CT molecular complexity index is 602. The van der Waals surface area contributed by atoms with Crippen LogP contribution in [0.3, 0.4) is 0 Å². The van der Waals surface area contributed by atoms with Crippen molar-refractivity contribution in [3.8, 4) is 5.69 Å². The van der Waals surface area contributed by atoms with Gasteiger partial charge >= 0.3 is 0 Å². The lowest BCUT2D eigenvalue weighted by atomic mass is 10.1. The second-order valence-electron chi connectivity index (χ2n) is 5.84. The van der Waals surface area contributed by atoms with Gasteiger partial charge in [-0.25, -0.2) is 9.07 Å². The van der Waals surface area contributed by atoms with Gasteiger partial charge in [0.2, 0.25) is 0 Å². The summed E-state index contributed by atoms with van der Waals surface area (Å²) in [5.41, 5.74) is 4.24. The largest absolute Gasteiger partial charge is 0.312 e. The zero-order valence-corrected chi connectivity index (χ0v) is 13.3. The van der Waals surface area contributed by atoms with Gasteiger partial charge in [-0.1, -0.05) is 20.8 Å². The van der Waals surface area contributed by atoms with Crippen molar-refractivity contribution in [2.24, 2.45) is 5.92 Å². The third-order valence-corrected chi connectivity index (χ3v) is 3.55. The van der Waals surface area contributed by atoms with Gasteiger partial charge in [0.1, 0.15) is 5.82 Å². The summed E-state index contributed by atoms with van der Waals surface area (Å²) in [5, 5.41) is 7.95. The topological polar surface area (TPSA) is 29.9 Å². The highest BCUT2D eigenvalue weighted by molar-refractivity contribution is 5.42. The van der Waals surface area contributed by atoms with Gasteiger partial charge in [0, 0.05) is 17.8 Å². The van der Waals surface area contributed by atoms with Crippen LogP contribution in [-0.4, -0.2) is 16.3 Å². The Morgan fingerprint density at radius 2 is 2.10 bits per heavy atom. The highest BCUT2D eigenvalue weighted by Gasteiger charge is 2.12. The molecule has 114 valence electrons. The molecule has 0 saturated carbocycles. The van der Waals surface area contributed by atoms with Crippen LogP contribution in [-0.2, 0) is 13.0 Å². The summed E-state index contributed by atoms with van der Waals surface area (Å²) in [6, 6.07) is 4.83. The monoisotopic (exact) mass is 289 g/mol. The van der Waals surface area contributed by atoms with Crippen LogP contribution in [0.2, 0.25) is 0 Å². The Morgan fingerprint density at radius 3 is 2.71 bits per heavy atom. The number of rotatable bonds is 6. The molecule has 1 aromatic heterocycles. The Kier molecular flexibility index (Phi) is 5.12. The van der Waals surface area contributed by atoms with E-state index in [9.17, 15) is 4.39 Å². The SMILES string of the molecule is CCc1c(CNCC(C)C)cnn1-c1ccc(F)cc1C. The van der Waals surface area contributed by atoms with Gasteiger partial charge in [0.15, 0.2) is 0 Å². The Hall–Kier alpha value is -1.68. The molecule has 21 heavy (non-hydrogen) atoms. The fraction of sp³-hybridized carbons (Fsp3) is 0.471. The van der Waals surface area contributed by atoms with Gasteiger partial charge in [-0.3, -0.25) is 0 Å². The summed E-state index contributed by atoms with van der Waals surface area (Å²) in [5.74, 6) is 0.421. The van der Waals surface area contributed by atoms with Crippen LogP contribution < -0.4 is 5.32 Å². The molecule has 3 nitrogen and oxygen atoms in total. The molecule has 0 saturated heterocycles. The molecule has 0 aliphatic rings. The van der Waals surface area contributed by atoms with Crippen LogP contribution in [0.15, 0.2) is 24.4 Å². The summed E-state index contributed by atoms with van der Waals surface area (Å²) < 4.78 is 15.2. The van der Waals surface area contributed by atoms with E-state index in [1.54, 1.807) is 12.1 Å². The van der Waals surface area contributed by atoms with E-state index < -0.39 is 0 Å². The van der Waals surface area contributed by atoms with Crippen molar-refractivity contribution in [3.63, 3.8) is 0 Å². The fourth-order valence-electron chi connectivity index (χ4n) is 2.49. The summed E-state index contributed by atoms with van der Waals surface area (Å²) >= 11 is 0. The molecule has 1 aromatic carbocycles. The number of benzene rings is 1. The van der Waals surface area contributed by atoms with E-state index in [0.717, 1.165) is 30.8 Å². The first kappa shape index (κ1) is 15.7. The van der Waals surface area contributed by atoms with Gasteiger partial charge < -0.3 is 5.32 Å². The molecule has 0 atom stereocenters. The van der Waals surface area contributed by atoms with E-state index in [0.29, 0.717) is 5.92 Å². The second kappa shape index (κ2) is 6.85. The van der Waals surface area contributed by atoms with Crippen molar-refractivity contribution in [3.05, 3.63) is 47.0 Å². The van der Waals surface area contributed by atoms with Crippen molar-refractivity contribution in [2.75, 3.05) is 6.54 Å². The minimum Gasteiger partial charge on any atom is -0.312 e. The number of nitrogens with zero attached hydrogens (tertiary/aromatic N) is 2. The maximum Gasteiger partial charge on any atom is 0.123 e. The van der Waals surface area contributed by atoms with Crippen molar-refractivity contribution in [1.82, 2.24) is 15.1 Å². The molecule has 0 aliphatic heterocycles. The van der Waals surface area contributed by atoms with Gasteiger partial charge in [-0.15, -0.1) is 0 Å². The predicted octanol–water partition coefficient (Wildman–Crippen LogP) is 3.63. The average Bonchev–Trinajstić information content (AvgIpc) is 2.81. The fourth-order valence-corrected chi connectivity index (χ4v) is 2.49. The number of hydrogen-bond donors (Lipinski definition) is 1. The van der Waals surface area contributed by atoms with Crippen molar-refractivity contribution in [1.29, 1.82) is 0 Å². The van der Waals surface area contributed by atoms with Crippen LogP contribution in [0.25, 0.3) is 5.69 Å². The minimum atomic E-state index is -0.208. The van der Waals surface area contributed by atoms with Crippen LogP contribution in [0.4, 0.5) is 4.39 Å². The molecule has 2 aromatic rings. The zero-order chi connectivity index (χ0) is 15.4. The highest BCUT2D eigenvalue weighted by Crippen LogP contribution is 2.19. The molecule has 1 N–H and O–H groups in total. The van der Waals surface area contributed by atoms with Crippen LogP contribution >= 0.6 is 0 Å². The van der Waals surface area contributed by atoms with Crippen LogP contribution in [0.1, 0.15) is 37.6 Å². The Labute approximate surface area is 126 Å². The van der Waals surface area contributed by atoms with E-state index in [2.05, 4.69) is 31.2 Å². The molecule has 0 unspecified atom stereocenters. The summed E-state index contributed by atoms with van der Waals surface area (Å²) in [7, 11) is 0. The van der Waals surface area contributed by atoms with Gasteiger partial charge in [0.25, 0.3) is 0 Å². The third kappa shape index (κ3) is 3.70. The van der Waals surface area contributed by atoms with E-state index >= 15 is 0 Å². The molecular weight excluding hydrogens is 265 g/mol. The van der Waals surface area contributed by atoms with E-state index in [-0.39, 0.29) is 5.82 Å². The lowest BCUT2D eigenvalue weighted by molar-refractivity contribution is 0.551. The maximum absolute atomic E-state index is 13.3. The number of halogens is 1. The third-order valence-electron chi connectivity index (χ3n) is 3.55. The molecule has 4 heteroatoms. The summed E-state index contributed by atoms with van der Waals surface area (Å²) in [6.07, 6.45) is 2.81. The molecule has 0 aliphatic carbocycles. The molecule has 0 fully saturated rings. The molecule has 0 spiro atoms. The van der Waals surface area contributed by atoms with E-state index in [4.69, 9.17) is 0 Å². The number of nitrogens with one attached hydrogen (secondary N) is 1. The molecule has 0 amide bonds. The lowest BCUT2D eigenvalue weighted by Gasteiger charge is -2.11. The summed E-state index contributed by atoms with van der Waals surface area (Å²) in [4.78, 5) is 0. The molecule has 2 rings (SSSR count). The Morgan fingerprint density at radius 1 is 1.33 bits per heavy atom. The predicted molar refractivity (Wildman–Crippen MR) is 84.2 cm³/mol. The van der Waals surface area contributed by atoms with Crippen LogP contribution in [0.5, 0.6) is 0 Å². The Balaban J connectivity index is 2.26. The smallest absolute Gasteiger partial charge is 0.123 e. The zero-order valence-electron chi connectivity index (χ0n) is 13.3. The van der Waals surface area contributed by atoms with E-state index in [1.807, 2.05) is 17.8 Å². The molecule has 1 heterocycles. The first-order valence-electron chi connectivity index (χ1n) is 7.56. The lowest BCUT2D eigenvalue weighted by Crippen LogP contribution is -2.19. The number of aromatic nitrogens is 2. The first-order chi connectivity index (χ1) is 10.0. The highest BCUT2D eigenvalue weighted by atomic mass is 19.1. The van der Waals surface area contributed by atoms with Crippen molar-refractivity contribution in [2.45, 2.75) is 40.7 Å². The van der Waals surface area contributed by atoms with Crippen LogP contribution in [0, 0.1) is 18.7 Å². The second-order valence-corrected chi connectivity index (χ2v) is 5.84. The quantitative estimate of drug-likeness (QED) is 0.880. The minimum absolute atomic E-state index is 0.208. The van der Waals surface area contributed by atoms with Gasteiger partial charge in [-0.2, -0.15) is 5.10 Å². The molecular formula is C17H24FN3. The van der Waals surface area contributed by atoms with E-state index in [1.165, 1.54) is 17.3 Å². The standard InChI is InChI=1S/C17H24FN3/c1-5-16-14(10-19-9-12(2)3)11-20-21(16)17-7-6-15(18)8-13(17)4/h6-8,11-12,19H,5,9-10H2,1-4H3. The van der Waals surface area contributed by atoms with Crippen molar-refractivity contribution < 1.29 is 4.39 Å². The summed E-state index contributed by atoms with van der Waals surface area (Å²) in [6.45, 7) is 10.2. The normalized spacial score (nSPS) is 11.3.